The number of halogens is 1. The third kappa shape index (κ3) is 3.90. The molecule has 1 aliphatic heterocycles. The second-order valence-electron chi connectivity index (χ2n) is 7.33. The van der Waals surface area contributed by atoms with E-state index in [1.54, 1.807) is 47.8 Å². The molecular formula is C21H18ClN5O3S2. The van der Waals surface area contributed by atoms with Crippen LogP contribution in [0.1, 0.15) is 9.80 Å². The number of nitrogens with one attached hydrogen (secondary N) is 1. The van der Waals surface area contributed by atoms with Crippen molar-refractivity contribution in [2.24, 2.45) is 0 Å². The lowest BCUT2D eigenvalue weighted by Crippen LogP contribution is -2.50. The van der Waals surface area contributed by atoms with Crippen LogP contribution in [0, 0.1) is 0 Å². The summed E-state index contributed by atoms with van der Waals surface area (Å²) in [5.74, 6) is -0.192. The van der Waals surface area contributed by atoms with Gasteiger partial charge in [0.15, 0.2) is 5.01 Å². The second-order valence-corrected chi connectivity index (χ2v) is 10.7. The van der Waals surface area contributed by atoms with Crippen molar-refractivity contribution in [3.05, 3.63) is 65.0 Å². The van der Waals surface area contributed by atoms with E-state index in [4.69, 9.17) is 11.6 Å². The van der Waals surface area contributed by atoms with Gasteiger partial charge in [0.05, 0.1) is 4.88 Å². The monoisotopic (exact) mass is 487 g/mol. The maximum absolute atomic E-state index is 13.1. The van der Waals surface area contributed by atoms with Crippen LogP contribution >= 0.6 is 22.9 Å². The molecular weight excluding hydrogens is 470 g/mol. The predicted octanol–water partition coefficient (Wildman–Crippen LogP) is 3.49. The van der Waals surface area contributed by atoms with Gasteiger partial charge in [-0.2, -0.15) is 4.31 Å². The first-order valence-electron chi connectivity index (χ1n) is 9.86. The molecule has 0 radical (unpaired) electrons. The molecule has 1 saturated heterocycles. The number of nitrogens with zero attached hydrogens (tertiary/aromatic N) is 4. The normalized spacial score (nSPS) is 15.3. The molecule has 4 heterocycles. The third-order valence-electron chi connectivity index (χ3n) is 5.34. The molecule has 0 aliphatic carbocycles. The summed E-state index contributed by atoms with van der Waals surface area (Å²) in [7, 11) is -3.71. The van der Waals surface area contributed by atoms with Crippen LogP contribution in [0.15, 0.2) is 60.0 Å². The predicted molar refractivity (Wildman–Crippen MR) is 123 cm³/mol. The smallest absolute Gasteiger partial charge is 0.282 e. The number of benzene rings is 1. The van der Waals surface area contributed by atoms with E-state index in [-0.39, 0.29) is 24.0 Å². The molecule has 4 aromatic rings. The maximum Gasteiger partial charge on any atom is 0.282 e. The van der Waals surface area contributed by atoms with Crippen LogP contribution < -0.4 is 0 Å². The standard InChI is InChI=1S/C21H18ClN5O3S2/c22-16-3-4-17-15(10-16)11-19(25-17)32(29,30)27-8-6-26(7-9-27)21(28)20-24-13-18(31-20)14-2-1-5-23-12-14/h1-5,10-13,25H,6-9H2. The molecule has 8 nitrogen and oxygen atoms in total. The average molecular weight is 488 g/mol. The van der Waals surface area contributed by atoms with Crippen LogP contribution in [0.2, 0.25) is 5.02 Å². The van der Waals surface area contributed by atoms with Gasteiger partial charge in [-0.05, 0) is 30.3 Å². The lowest BCUT2D eigenvalue weighted by atomic mass is 10.2. The molecule has 0 saturated carbocycles. The van der Waals surface area contributed by atoms with E-state index in [1.807, 2.05) is 12.1 Å². The van der Waals surface area contributed by atoms with Gasteiger partial charge in [-0.3, -0.25) is 9.78 Å². The Hall–Kier alpha value is -2.79. The summed E-state index contributed by atoms with van der Waals surface area (Å²) in [4.78, 5) is 26.7. The van der Waals surface area contributed by atoms with Crippen molar-refractivity contribution < 1.29 is 13.2 Å². The van der Waals surface area contributed by atoms with Gasteiger partial charge in [-0.25, -0.2) is 13.4 Å². The summed E-state index contributed by atoms with van der Waals surface area (Å²) >= 11 is 7.31. The first kappa shape index (κ1) is 21.1. The summed E-state index contributed by atoms with van der Waals surface area (Å²) < 4.78 is 27.6. The van der Waals surface area contributed by atoms with Crippen LogP contribution in [-0.4, -0.2) is 64.7 Å². The molecule has 3 aromatic heterocycles. The van der Waals surface area contributed by atoms with Crippen LogP contribution in [-0.2, 0) is 10.0 Å². The quantitative estimate of drug-likeness (QED) is 0.475. The fourth-order valence-electron chi connectivity index (χ4n) is 3.64. The molecule has 1 aliphatic rings. The summed E-state index contributed by atoms with van der Waals surface area (Å²) in [5.41, 5.74) is 1.61. The van der Waals surface area contributed by atoms with Crippen molar-refractivity contribution in [1.29, 1.82) is 0 Å². The number of fused-ring (bicyclic) bond motifs is 1. The molecule has 0 atom stereocenters. The number of hydrogen-bond acceptors (Lipinski definition) is 6. The number of carbonyl (C=O) groups is 1. The molecule has 11 heteroatoms. The molecule has 0 bridgehead atoms. The molecule has 32 heavy (non-hydrogen) atoms. The summed E-state index contributed by atoms with van der Waals surface area (Å²) in [6.45, 7) is 1.02. The van der Waals surface area contributed by atoms with E-state index in [0.717, 1.165) is 15.8 Å². The number of aromatic amines is 1. The van der Waals surface area contributed by atoms with E-state index in [9.17, 15) is 13.2 Å². The SMILES string of the molecule is O=C(c1ncc(-c2cccnc2)s1)N1CCN(S(=O)(=O)c2cc3cc(Cl)ccc3[nH]2)CC1. The molecule has 0 unspecified atom stereocenters. The minimum Gasteiger partial charge on any atom is -0.345 e. The van der Waals surface area contributed by atoms with Crippen molar-refractivity contribution >= 4 is 49.8 Å². The van der Waals surface area contributed by atoms with E-state index in [1.165, 1.54) is 15.6 Å². The van der Waals surface area contributed by atoms with Crippen LogP contribution in [0.5, 0.6) is 0 Å². The van der Waals surface area contributed by atoms with Crippen molar-refractivity contribution in [3.8, 4) is 10.4 Å². The van der Waals surface area contributed by atoms with Crippen molar-refractivity contribution in [2.75, 3.05) is 26.2 Å². The number of pyridine rings is 1. The Bertz CT molecular complexity index is 1390. The highest BCUT2D eigenvalue weighted by Gasteiger charge is 2.32. The first-order valence-corrected chi connectivity index (χ1v) is 12.5. The Balaban J connectivity index is 1.28. The zero-order chi connectivity index (χ0) is 22.3. The van der Waals surface area contributed by atoms with Gasteiger partial charge in [0.25, 0.3) is 15.9 Å². The van der Waals surface area contributed by atoms with E-state index < -0.39 is 10.0 Å². The highest BCUT2D eigenvalue weighted by atomic mass is 35.5. The van der Waals surface area contributed by atoms with Gasteiger partial charge in [-0.1, -0.05) is 17.7 Å². The molecule has 164 valence electrons. The Morgan fingerprint density at radius 1 is 1.09 bits per heavy atom. The Morgan fingerprint density at radius 3 is 2.66 bits per heavy atom. The van der Waals surface area contributed by atoms with Crippen molar-refractivity contribution in [3.63, 3.8) is 0 Å². The fourth-order valence-corrected chi connectivity index (χ4v) is 6.13. The minimum atomic E-state index is -3.71. The fraction of sp³-hybridized carbons (Fsp3) is 0.190. The number of aromatic nitrogens is 3. The van der Waals surface area contributed by atoms with E-state index in [0.29, 0.717) is 28.6 Å². The zero-order valence-electron chi connectivity index (χ0n) is 16.7. The van der Waals surface area contributed by atoms with Gasteiger partial charge in [0, 0.05) is 66.3 Å². The van der Waals surface area contributed by atoms with E-state index in [2.05, 4.69) is 15.0 Å². The summed E-state index contributed by atoms with van der Waals surface area (Å²) in [5, 5.41) is 1.78. The van der Waals surface area contributed by atoms with Crippen LogP contribution in [0.3, 0.4) is 0 Å². The maximum atomic E-state index is 13.1. The van der Waals surface area contributed by atoms with E-state index >= 15 is 0 Å². The number of piperazine rings is 1. The molecule has 5 rings (SSSR count). The molecule has 1 N–H and O–H groups in total. The largest absolute Gasteiger partial charge is 0.345 e. The lowest BCUT2D eigenvalue weighted by Gasteiger charge is -2.33. The number of H-pyrrole nitrogens is 1. The summed E-state index contributed by atoms with van der Waals surface area (Å²) in [6.07, 6.45) is 5.08. The van der Waals surface area contributed by atoms with Gasteiger partial charge < -0.3 is 9.88 Å². The topological polar surface area (TPSA) is 99.3 Å². The third-order valence-corrected chi connectivity index (χ3v) is 8.43. The van der Waals surface area contributed by atoms with Gasteiger partial charge in [-0.15, -0.1) is 11.3 Å². The first-order chi connectivity index (χ1) is 15.4. The molecule has 1 aromatic carbocycles. The summed E-state index contributed by atoms with van der Waals surface area (Å²) in [6, 6.07) is 10.5. The number of hydrogen-bond donors (Lipinski definition) is 1. The van der Waals surface area contributed by atoms with Crippen LogP contribution in [0.25, 0.3) is 21.3 Å². The number of sulfonamides is 1. The highest BCUT2D eigenvalue weighted by Crippen LogP contribution is 2.27. The number of amides is 1. The molecule has 1 amide bonds. The Kier molecular flexibility index (Phi) is 5.46. The molecule has 0 spiro atoms. The van der Waals surface area contributed by atoms with Crippen molar-refractivity contribution in [2.45, 2.75) is 5.03 Å². The number of thiazole rings is 1. The minimum absolute atomic E-state index is 0.121. The van der Waals surface area contributed by atoms with Gasteiger partial charge in [0.1, 0.15) is 5.03 Å². The Morgan fingerprint density at radius 2 is 1.91 bits per heavy atom. The lowest BCUT2D eigenvalue weighted by molar-refractivity contribution is 0.0697. The number of rotatable bonds is 4. The average Bonchev–Trinajstić information content (AvgIpc) is 3.47. The second kappa shape index (κ2) is 8.28. The van der Waals surface area contributed by atoms with Gasteiger partial charge >= 0.3 is 0 Å². The van der Waals surface area contributed by atoms with Crippen molar-refractivity contribution in [1.82, 2.24) is 24.2 Å². The number of carbonyl (C=O) groups excluding carboxylic acids is 1. The van der Waals surface area contributed by atoms with Gasteiger partial charge in [0.2, 0.25) is 0 Å². The highest BCUT2D eigenvalue weighted by molar-refractivity contribution is 7.89. The Labute approximate surface area is 193 Å². The molecule has 1 fully saturated rings. The van der Waals surface area contributed by atoms with Crippen LogP contribution in [0.4, 0.5) is 0 Å². The zero-order valence-corrected chi connectivity index (χ0v) is 19.1.